The lowest BCUT2D eigenvalue weighted by atomic mass is 10.2. The molecule has 0 heterocycles. The molecule has 0 aromatic heterocycles. The van der Waals surface area contributed by atoms with Crippen LogP contribution < -0.4 is 18.8 Å². The molecule has 0 bridgehead atoms. The van der Waals surface area contributed by atoms with Crippen molar-refractivity contribution in [2.24, 2.45) is 0 Å². The van der Waals surface area contributed by atoms with Crippen molar-refractivity contribution in [2.45, 2.75) is 39.5 Å². The summed E-state index contributed by atoms with van der Waals surface area (Å²) in [6, 6.07) is 14.3. The summed E-state index contributed by atoms with van der Waals surface area (Å²) >= 11 is 0. The van der Waals surface area contributed by atoms with Crippen molar-refractivity contribution in [1.29, 1.82) is 0 Å². The molecule has 0 fully saturated rings. The summed E-state index contributed by atoms with van der Waals surface area (Å²) in [6.45, 7) is 5.54. The van der Waals surface area contributed by atoms with Gasteiger partial charge in [-0.2, -0.15) is 0 Å². The zero-order valence-electron chi connectivity index (χ0n) is 15.5. The van der Waals surface area contributed by atoms with Crippen molar-refractivity contribution in [2.75, 3.05) is 13.2 Å². The molecule has 0 amide bonds. The van der Waals surface area contributed by atoms with Gasteiger partial charge in [-0.3, -0.25) is 0 Å². The Hall–Kier alpha value is -2.34. The summed E-state index contributed by atoms with van der Waals surface area (Å²) < 4.78 is 22.1. The fourth-order valence-electron chi connectivity index (χ4n) is 2.20. The Morgan fingerprint density at radius 2 is 1.15 bits per heavy atom. The second-order valence-electron chi connectivity index (χ2n) is 5.90. The molecule has 0 unspecified atom stereocenters. The van der Waals surface area contributed by atoms with Gasteiger partial charge in [0.25, 0.3) is 0 Å². The smallest absolute Gasteiger partial charge is 0.501 e. The van der Waals surface area contributed by atoms with Gasteiger partial charge in [0, 0.05) is 12.1 Å². The van der Waals surface area contributed by atoms with Crippen molar-refractivity contribution in [1.82, 2.24) is 0 Å². The number of hydrogen-bond donors (Lipinski definition) is 1. The van der Waals surface area contributed by atoms with E-state index in [1.807, 2.05) is 24.3 Å². The predicted molar refractivity (Wildman–Crippen MR) is 103 cm³/mol. The Bertz CT molecular complexity index is 594. The van der Waals surface area contributed by atoms with Crippen LogP contribution in [0.25, 0.3) is 0 Å². The molecular weight excluding hydrogens is 331 g/mol. The molecule has 2 rings (SSSR count). The molecule has 5 nitrogen and oxygen atoms in total. The molecule has 26 heavy (non-hydrogen) atoms. The molecule has 1 N–H and O–H groups in total. The number of hydrogen-bond acceptors (Lipinski definition) is 5. The van der Waals surface area contributed by atoms with Crippen molar-refractivity contribution in [3.63, 3.8) is 0 Å². The zero-order chi connectivity index (χ0) is 18.6. The molecule has 0 saturated carbocycles. The summed E-state index contributed by atoms with van der Waals surface area (Å²) in [5, 5.41) is 10.0. The van der Waals surface area contributed by atoms with E-state index >= 15 is 0 Å². The van der Waals surface area contributed by atoms with Gasteiger partial charge >= 0.3 is 7.32 Å². The summed E-state index contributed by atoms with van der Waals surface area (Å²) in [5.74, 6) is 2.35. The van der Waals surface area contributed by atoms with E-state index < -0.39 is 7.32 Å². The molecule has 0 aliphatic carbocycles. The Morgan fingerprint density at radius 3 is 1.58 bits per heavy atom. The van der Waals surface area contributed by atoms with E-state index in [-0.39, 0.29) is 0 Å². The molecule has 140 valence electrons. The molecule has 6 heteroatoms. The Labute approximate surface area is 156 Å². The van der Waals surface area contributed by atoms with Gasteiger partial charge in [0.2, 0.25) is 0 Å². The average Bonchev–Trinajstić information content (AvgIpc) is 2.63. The first-order valence-electron chi connectivity index (χ1n) is 9.18. The van der Waals surface area contributed by atoms with Crippen LogP contribution in [0, 0.1) is 0 Å². The monoisotopic (exact) mass is 358 g/mol. The summed E-state index contributed by atoms with van der Waals surface area (Å²) in [5.41, 5.74) is 0. The molecule has 0 spiro atoms. The third-order valence-electron chi connectivity index (χ3n) is 3.62. The van der Waals surface area contributed by atoms with E-state index in [2.05, 4.69) is 13.8 Å². The van der Waals surface area contributed by atoms with Crippen LogP contribution in [0.1, 0.15) is 39.5 Å². The second-order valence-corrected chi connectivity index (χ2v) is 5.90. The van der Waals surface area contributed by atoms with E-state index in [9.17, 15) is 5.02 Å². The van der Waals surface area contributed by atoms with Crippen molar-refractivity contribution >= 4 is 7.32 Å². The minimum atomic E-state index is -1.42. The lowest BCUT2D eigenvalue weighted by Crippen LogP contribution is -2.29. The molecule has 0 atom stereocenters. The Kier molecular flexibility index (Phi) is 8.69. The maximum Gasteiger partial charge on any atom is 0.785 e. The highest BCUT2D eigenvalue weighted by Gasteiger charge is 2.21. The first-order valence-corrected chi connectivity index (χ1v) is 9.18. The first kappa shape index (κ1) is 20.0. The lowest BCUT2D eigenvalue weighted by molar-refractivity contribution is 0.289. The van der Waals surface area contributed by atoms with E-state index in [4.69, 9.17) is 18.8 Å². The number of rotatable bonds is 12. The highest BCUT2D eigenvalue weighted by Crippen LogP contribution is 2.22. The van der Waals surface area contributed by atoms with Crippen molar-refractivity contribution < 1.29 is 23.8 Å². The normalized spacial score (nSPS) is 10.3. The van der Waals surface area contributed by atoms with Crippen LogP contribution in [-0.4, -0.2) is 25.6 Å². The van der Waals surface area contributed by atoms with Gasteiger partial charge in [0.05, 0.1) is 13.2 Å². The van der Waals surface area contributed by atoms with Crippen molar-refractivity contribution in [3.05, 3.63) is 48.5 Å². The summed E-state index contributed by atoms with van der Waals surface area (Å²) in [6.07, 6.45) is 4.13. The summed E-state index contributed by atoms with van der Waals surface area (Å²) in [7, 11) is -1.42. The van der Waals surface area contributed by atoms with Crippen LogP contribution in [-0.2, 0) is 0 Å². The highest BCUT2D eigenvalue weighted by atomic mass is 16.7. The lowest BCUT2D eigenvalue weighted by Gasteiger charge is -2.13. The van der Waals surface area contributed by atoms with E-state index in [1.54, 1.807) is 24.3 Å². The maximum atomic E-state index is 10.0. The van der Waals surface area contributed by atoms with Gasteiger partial charge in [0.15, 0.2) is 0 Å². The maximum absolute atomic E-state index is 10.0. The fraction of sp³-hybridized carbons (Fsp3) is 0.400. The quantitative estimate of drug-likeness (QED) is 0.448. The van der Waals surface area contributed by atoms with E-state index in [0.717, 1.165) is 25.7 Å². The van der Waals surface area contributed by atoms with Gasteiger partial charge < -0.3 is 23.8 Å². The number of benzene rings is 2. The first-order chi connectivity index (χ1) is 12.7. The van der Waals surface area contributed by atoms with Crippen LogP contribution in [0.5, 0.6) is 23.0 Å². The summed E-state index contributed by atoms with van der Waals surface area (Å²) in [4.78, 5) is 0. The molecule has 0 aliphatic rings. The zero-order valence-corrected chi connectivity index (χ0v) is 15.5. The van der Waals surface area contributed by atoms with Gasteiger partial charge in [-0.1, -0.05) is 38.8 Å². The standard InChI is InChI=1S/C20H27BO5/c1-3-5-13-23-17-9-7-11-19(15-17)25-21(22)26-20-12-8-10-18(16-20)24-14-6-4-2/h7-12,15-16,22H,3-6,13-14H2,1-2H3. The van der Waals surface area contributed by atoms with Crippen LogP contribution in [0.2, 0.25) is 0 Å². The van der Waals surface area contributed by atoms with Crippen molar-refractivity contribution in [3.8, 4) is 23.0 Å². The Morgan fingerprint density at radius 1 is 0.731 bits per heavy atom. The minimum Gasteiger partial charge on any atom is -0.501 e. The molecule has 0 radical (unpaired) electrons. The third-order valence-corrected chi connectivity index (χ3v) is 3.62. The van der Waals surface area contributed by atoms with Crippen LogP contribution in [0.15, 0.2) is 48.5 Å². The molecule has 2 aromatic carbocycles. The van der Waals surface area contributed by atoms with Gasteiger partial charge in [-0.05, 0) is 37.1 Å². The van der Waals surface area contributed by atoms with Crippen LogP contribution >= 0.6 is 0 Å². The predicted octanol–water partition coefficient (Wildman–Crippen LogP) is 4.48. The molecule has 0 aliphatic heterocycles. The third kappa shape index (κ3) is 7.27. The van der Waals surface area contributed by atoms with Crippen LogP contribution in [0.4, 0.5) is 0 Å². The van der Waals surface area contributed by atoms with Gasteiger partial charge in [-0.15, -0.1) is 0 Å². The van der Waals surface area contributed by atoms with Gasteiger partial charge in [0.1, 0.15) is 23.0 Å². The Balaban J connectivity index is 1.87. The number of unbranched alkanes of at least 4 members (excludes halogenated alkanes) is 2. The van der Waals surface area contributed by atoms with E-state index in [0.29, 0.717) is 36.2 Å². The van der Waals surface area contributed by atoms with E-state index in [1.165, 1.54) is 0 Å². The highest BCUT2D eigenvalue weighted by molar-refractivity contribution is 6.36. The van der Waals surface area contributed by atoms with Gasteiger partial charge in [-0.25, -0.2) is 0 Å². The largest absolute Gasteiger partial charge is 0.785 e. The topological polar surface area (TPSA) is 57.2 Å². The molecular formula is C20H27BO5. The second kappa shape index (κ2) is 11.3. The minimum absolute atomic E-state index is 0.474. The number of ether oxygens (including phenoxy) is 2. The fourth-order valence-corrected chi connectivity index (χ4v) is 2.20. The average molecular weight is 358 g/mol. The van der Waals surface area contributed by atoms with Crippen LogP contribution in [0.3, 0.4) is 0 Å². The molecule has 0 saturated heterocycles. The molecule has 2 aromatic rings. The SMILES string of the molecule is CCCCOc1cccc(OB(O)Oc2cccc(OCCCC)c2)c1.